The number of hydrogen-bond acceptors (Lipinski definition) is 7. The molecule has 7 nitrogen and oxygen atoms in total. The van der Waals surface area contributed by atoms with Gasteiger partial charge in [0.25, 0.3) is 0 Å². The standard InChI is InChI=1S/C18H26O7/c1-10(19)13(21)8-18(9-16(11(2)20)25-17(18)22)12-5-6-14(23-3)15(7-12)24-4/h5-7,10-11,13,16,19-21H,8-9H2,1-4H3/t10-,11-,13-,16-,18-/m1/s1. The van der Waals surface area contributed by atoms with Crippen molar-refractivity contribution in [1.82, 2.24) is 0 Å². The van der Waals surface area contributed by atoms with E-state index in [1.165, 1.54) is 21.1 Å². The van der Waals surface area contributed by atoms with Gasteiger partial charge < -0.3 is 29.5 Å². The second kappa shape index (κ2) is 7.59. The number of carbonyl (C=O) groups is 1. The Balaban J connectivity index is 2.50. The average molecular weight is 354 g/mol. The molecule has 0 aliphatic carbocycles. The molecule has 0 radical (unpaired) electrons. The average Bonchev–Trinajstić information content (AvgIpc) is 2.92. The van der Waals surface area contributed by atoms with E-state index in [0.717, 1.165) is 0 Å². The van der Waals surface area contributed by atoms with E-state index in [1.807, 2.05) is 0 Å². The van der Waals surface area contributed by atoms with Crippen molar-refractivity contribution < 1.29 is 34.3 Å². The summed E-state index contributed by atoms with van der Waals surface area (Å²) in [7, 11) is 3.00. The lowest BCUT2D eigenvalue weighted by atomic mass is 9.72. The number of carbonyl (C=O) groups excluding carboxylic acids is 1. The quantitative estimate of drug-likeness (QED) is 0.621. The second-order valence-corrected chi connectivity index (χ2v) is 6.55. The van der Waals surface area contributed by atoms with Crippen LogP contribution < -0.4 is 9.47 Å². The minimum absolute atomic E-state index is 0.0256. The van der Waals surface area contributed by atoms with E-state index in [1.54, 1.807) is 25.1 Å². The van der Waals surface area contributed by atoms with Crippen molar-refractivity contribution in [3.8, 4) is 11.5 Å². The third-order valence-corrected chi connectivity index (χ3v) is 4.79. The number of aliphatic hydroxyl groups excluding tert-OH is 3. The number of ether oxygens (including phenoxy) is 3. The first-order valence-electron chi connectivity index (χ1n) is 8.23. The molecule has 5 atom stereocenters. The number of rotatable bonds is 7. The van der Waals surface area contributed by atoms with Gasteiger partial charge in [0.15, 0.2) is 11.5 Å². The molecule has 140 valence electrons. The van der Waals surface area contributed by atoms with E-state index in [2.05, 4.69) is 0 Å². The van der Waals surface area contributed by atoms with Crippen molar-refractivity contribution >= 4 is 5.97 Å². The first kappa shape index (κ1) is 19.5. The maximum atomic E-state index is 12.7. The fourth-order valence-electron chi connectivity index (χ4n) is 3.17. The summed E-state index contributed by atoms with van der Waals surface area (Å²) in [6.45, 7) is 3.01. The Bertz CT molecular complexity index is 613. The summed E-state index contributed by atoms with van der Waals surface area (Å²) >= 11 is 0. The van der Waals surface area contributed by atoms with Gasteiger partial charge in [0, 0.05) is 6.42 Å². The van der Waals surface area contributed by atoms with Crippen LogP contribution in [0.25, 0.3) is 0 Å². The van der Waals surface area contributed by atoms with Gasteiger partial charge in [-0.15, -0.1) is 0 Å². The van der Waals surface area contributed by atoms with Gasteiger partial charge in [-0.3, -0.25) is 4.79 Å². The van der Waals surface area contributed by atoms with Crippen molar-refractivity contribution in [2.75, 3.05) is 14.2 Å². The molecule has 0 bridgehead atoms. The zero-order valence-electron chi connectivity index (χ0n) is 14.9. The van der Waals surface area contributed by atoms with E-state index < -0.39 is 35.8 Å². The summed E-state index contributed by atoms with van der Waals surface area (Å²) < 4.78 is 15.9. The lowest BCUT2D eigenvalue weighted by molar-refractivity contribution is -0.149. The molecule has 1 aromatic rings. The molecule has 1 fully saturated rings. The van der Waals surface area contributed by atoms with Crippen LogP contribution in [0.2, 0.25) is 0 Å². The normalized spacial score (nSPS) is 26.7. The third kappa shape index (κ3) is 3.73. The van der Waals surface area contributed by atoms with Crippen molar-refractivity contribution in [3.63, 3.8) is 0 Å². The maximum absolute atomic E-state index is 12.7. The maximum Gasteiger partial charge on any atom is 0.317 e. The Morgan fingerprint density at radius 3 is 2.32 bits per heavy atom. The molecular weight excluding hydrogens is 328 g/mol. The Morgan fingerprint density at radius 2 is 1.84 bits per heavy atom. The van der Waals surface area contributed by atoms with Crippen LogP contribution in [-0.4, -0.2) is 59.9 Å². The highest BCUT2D eigenvalue weighted by Gasteiger charge is 2.53. The Hall–Kier alpha value is -1.83. The molecule has 0 aromatic heterocycles. The van der Waals surface area contributed by atoms with Crippen LogP contribution in [0.4, 0.5) is 0 Å². The first-order valence-corrected chi connectivity index (χ1v) is 8.23. The van der Waals surface area contributed by atoms with Gasteiger partial charge in [-0.2, -0.15) is 0 Å². The van der Waals surface area contributed by atoms with Crippen LogP contribution in [0.1, 0.15) is 32.3 Å². The van der Waals surface area contributed by atoms with Gasteiger partial charge in [0.1, 0.15) is 6.10 Å². The third-order valence-electron chi connectivity index (χ3n) is 4.79. The molecule has 7 heteroatoms. The summed E-state index contributed by atoms with van der Waals surface area (Å²) in [6.07, 6.45) is -3.47. The number of methoxy groups -OCH3 is 2. The minimum Gasteiger partial charge on any atom is -0.493 e. The highest BCUT2D eigenvalue weighted by atomic mass is 16.6. The minimum atomic E-state index is -1.18. The summed E-state index contributed by atoms with van der Waals surface area (Å²) in [5.74, 6) is 0.417. The van der Waals surface area contributed by atoms with Crippen molar-refractivity contribution in [1.29, 1.82) is 0 Å². The molecule has 1 aromatic carbocycles. The Morgan fingerprint density at radius 1 is 1.20 bits per heavy atom. The summed E-state index contributed by atoms with van der Waals surface area (Å²) in [5.41, 5.74) is -0.601. The van der Waals surface area contributed by atoms with E-state index in [4.69, 9.17) is 14.2 Å². The second-order valence-electron chi connectivity index (χ2n) is 6.55. The molecule has 0 saturated carbocycles. The van der Waals surface area contributed by atoms with E-state index in [0.29, 0.717) is 17.1 Å². The lowest BCUT2D eigenvalue weighted by Gasteiger charge is -2.29. The molecule has 1 aliphatic rings. The molecule has 3 N–H and O–H groups in total. The SMILES string of the molecule is COc1ccc([C@@]2(C[C@@H](O)[C@@H](C)O)C[C@H]([C@@H](C)O)OC2=O)cc1OC. The Kier molecular flexibility index (Phi) is 5.92. The fourth-order valence-corrected chi connectivity index (χ4v) is 3.17. The topological polar surface area (TPSA) is 105 Å². The van der Waals surface area contributed by atoms with Gasteiger partial charge in [-0.1, -0.05) is 6.07 Å². The molecule has 25 heavy (non-hydrogen) atoms. The van der Waals surface area contributed by atoms with Crippen molar-refractivity contribution in [3.05, 3.63) is 23.8 Å². The zero-order chi connectivity index (χ0) is 18.8. The van der Waals surface area contributed by atoms with Crippen molar-refractivity contribution in [2.24, 2.45) is 0 Å². The lowest BCUT2D eigenvalue weighted by Crippen LogP contribution is -2.39. The fraction of sp³-hybridized carbons (Fsp3) is 0.611. The predicted molar refractivity (Wildman–Crippen MR) is 89.7 cm³/mol. The molecule has 0 amide bonds. The highest BCUT2D eigenvalue weighted by molar-refractivity contribution is 5.86. The van der Waals surface area contributed by atoms with Crippen LogP contribution in [0.5, 0.6) is 11.5 Å². The number of esters is 1. The van der Waals surface area contributed by atoms with Crippen molar-refractivity contribution in [2.45, 2.75) is 56.5 Å². The molecule has 2 rings (SSSR count). The highest BCUT2D eigenvalue weighted by Crippen LogP contribution is 2.45. The summed E-state index contributed by atoms with van der Waals surface area (Å²) in [6, 6.07) is 5.05. The van der Waals surface area contributed by atoms with Crippen LogP contribution in [-0.2, 0) is 14.9 Å². The number of cyclic esters (lactones) is 1. The largest absolute Gasteiger partial charge is 0.493 e. The predicted octanol–water partition coefficient (Wildman–Crippen LogP) is 0.770. The number of benzene rings is 1. The van der Waals surface area contributed by atoms with Crippen LogP contribution in [0.3, 0.4) is 0 Å². The zero-order valence-corrected chi connectivity index (χ0v) is 14.9. The smallest absolute Gasteiger partial charge is 0.317 e. The molecular formula is C18H26O7. The summed E-state index contributed by atoms with van der Waals surface area (Å²) in [5, 5.41) is 29.7. The van der Waals surface area contributed by atoms with Crippen LogP contribution in [0, 0.1) is 0 Å². The van der Waals surface area contributed by atoms with Gasteiger partial charge in [-0.05, 0) is 38.0 Å². The first-order chi connectivity index (χ1) is 11.7. The molecule has 0 spiro atoms. The van der Waals surface area contributed by atoms with Gasteiger partial charge in [0.05, 0.1) is 37.9 Å². The number of aliphatic hydroxyl groups is 3. The van der Waals surface area contributed by atoms with Gasteiger partial charge >= 0.3 is 5.97 Å². The van der Waals surface area contributed by atoms with Gasteiger partial charge in [0.2, 0.25) is 0 Å². The molecule has 1 aliphatic heterocycles. The molecule has 1 heterocycles. The van der Waals surface area contributed by atoms with E-state index >= 15 is 0 Å². The Labute approximate surface area is 147 Å². The van der Waals surface area contributed by atoms with Crippen LogP contribution >= 0.6 is 0 Å². The number of hydrogen-bond donors (Lipinski definition) is 3. The van der Waals surface area contributed by atoms with Gasteiger partial charge in [-0.25, -0.2) is 0 Å². The molecule has 0 unspecified atom stereocenters. The van der Waals surface area contributed by atoms with E-state index in [-0.39, 0.29) is 12.8 Å². The van der Waals surface area contributed by atoms with E-state index in [9.17, 15) is 20.1 Å². The monoisotopic (exact) mass is 354 g/mol. The van der Waals surface area contributed by atoms with Crippen LogP contribution in [0.15, 0.2) is 18.2 Å². The summed E-state index contributed by atoms with van der Waals surface area (Å²) in [4.78, 5) is 12.7. The molecule has 1 saturated heterocycles.